The monoisotopic (exact) mass is 497 g/mol. The van der Waals surface area contributed by atoms with Crippen molar-refractivity contribution in [2.24, 2.45) is 0 Å². The number of aliphatic carboxylic acids is 1. The topological polar surface area (TPSA) is 66.8 Å². The standard InChI is InChI=1S/C28H26F3NO4/c1-32(25(26(33)34)15-7-9-18-8-6-10-19(16-18)28(29,30)31)27(35)36-17-24-22-13-4-2-11-20(22)21-12-3-5-14-23(21)24/h2-6,8,10-14,16,24-25H,7,9,15,17H2,1H3,(H,33,34)/t25-/m0/s1. The van der Waals surface area contributed by atoms with Gasteiger partial charge in [0.25, 0.3) is 0 Å². The highest BCUT2D eigenvalue weighted by molar-refractivity contribution is 5.81. The van der Waals surface area contributed by atoms with Crippen LogP contribution in [-0.4, -0.2) is 41.8 Å². The van der Waals surface area contributed by atoms with Gasteiger partial charge in [0.05, 0.1) is 5.56 Å². The van der Waals surface area contributed by atoms with Gasteiger partial charge in [-0.1, -0.05) is 66.7 Å². The van der Waals surface area contributed by atoms with Crippen molar-refractivity contribution in [2.45, 2.75) is 37.4 Å². The van der Waals surface area contributed by atoms with Crippen molar-refractivity contribution in [3.8, 4) is 11.1 Å². The number of nitrogens with zero attached hydrogens (tertiary/aromatic N) is 1. The molecule has 0 bridgehead atoms. The predicted molar refractivity (Wildman–Crippen MR) is 129 cm³/mol. The minimum absolute atomic E-state index is 0.0633. The van der Waals surface area contributed by atoms with Crippen LogP contribution in [0.1, 0.15) is 41.0 Å². The van der Waals surface area contributed by atoms with Gasteiger partial charge in [-0.15, -0.1) is 0 Å². The molecule has 188 valence electrons. The molecule has 0 aromatic heterocycles. The van der Waals surface area contributed by atoms with Gasteiger partial charge in [-0.05, 0) is 53.1 Å². The molecular weight excluding hydrogens is 471 g/mol. The lowest BCUT2D eigenvalue weighted by Crippen LogP contribution is -2.43. The van der Waals surface area contributed by atoms with Crippen LogP contribution in [0.15, 0.2) is 72.8 Å². The van der Waals surface area contributed by atoms with E-state index in [0.717, 1.165) is 39.3 Å². The van der Waals surface area contributed by atoms with E-state index in [1.54, 1.807) is 6.07 Å². The van der Waals surface area contributed by atoms with Crippen LogP contribution in [0.3, 0.4) is 0 Å². The average Bonchev–Trinajstić information content (AvgIpc) is 3.18. The summed E-state index contributed by atoms with van der Waals surface area (Å²) in [7, 11) is 1.36. The van der Waals surface area contributed by atoms with E-state index in [1.165, 1.54) is 13.1 Å². The van der Waals surface area contributed by atoms with Crippen molar-refractivity contribution in [1.29, 1.82) is 0 Å². The summed E-state index contributed by atoms with van der Waals surface area (Å²) in [5, 5.41) is 9.68. The predicted octanol–water partition coefficient (Wildman–Crippen LogP) is 6.36. The molecule has 0 heterocycles. The van der Waals surface area contributed by atoms with Crippen molar-refractivity contribution < 1.29 is 32.6 Å². The van der Waals surface area contributed by atoms with Gasteiger partial charge in [-0.3, -0.25) is 4.90 Å². The fourth-order valence-corrected chi connectivity index (χ4v) is 4.71. The molecule has 4 rings (SSSR count). The zero-order valence-electron chi connectivity index (χ0n) is 19.7. The van der Waals surface area contributed by atoms with Gasteiger partial charge in [-0.2, -0.15) is 13.2 Å². The number of rotatable bonds is 8. The number of aryl methyl sites for hydroxylation is 1. The second-order valence-electron chi connectivity index (χ2n) is 8.86. The number of fused-ring (bicyclic) bond motifs is 3. The molecule has 0 fully saturated rings. The molecule has 3 aromatic carbocycles. The first-order chi connectivity index (χ1) is 17.2. The molecule has 0 radical (unpaired) electrons. The summed E-state index contributed by atoms with van der Waals surface area (Å²) < 4.78 is 44.3. The third-order valence-corrected chi connectivity index (χ3v) is 6.57. The second-order valence-corrected chi connectivity index (χ2v) is 8.86. The zero-order valence-corrected chi connectivity index (χ0v) is 19.7. The molecule has 1 aliphatic carbocycles. The molecule has 1 N–H and O–H groups in total. The Morgan fingerprint density at radius 3 is 2.17 bits per heavy atom. The van der Waals surface area contributed by atoms with Gasteiger partial charge >= 0.3 is 18.2 Å². The first-order valence-electron chi connectivity index (χ1n) is 11.6. The maximum absolute atomic E-state index is 12.9. The van der Waals surface area contributed by atoms with Crippen LogP contribution in [0.5, 0.6) is 0 Å². The number of halogens is 3. The van der Waals surface area contributed by atoms with Crippen LogP contribution < -0.4 is 0 Å². The Hall–Kier alpha value is -3.81. The van der Waals surface area contributed by atoms with E-state index in [2.05, 4.69) is 0 Å². The summed E-state index contributed by atoms with van der Waals surface area (Å²) in [6.45, 7) is 0.0633. The molecule has 1 aliphatic rings. The number of alkyl halides is 3. The SMILES string of the molecule is CN(C(=O)OCC1c2ccccc2-c2ccccc21)[C@@H](CCCc1cccc(C(F)(F)F)c1)C(=O)O. The van der Waals surface area contributed by atoms with Crippen molar-refractivity contribution in [3.05, 3.63) is 95.1 Å². The first kappa shape index (κ1) is 25.3. The van der Waals surface area contributed by atoms with Gasteiger partial charge in [-0.25, -0.2) is 9.59 Å². The molecule has 3 aromatic rings. The molecule has 5 nitrogen and oxygen atoms in total. The lowest BCUT2D eigenvalue weighted by atomic mass is 9.98. The minimum Gasteiger partial charge on any atom is -0.480 e. The summed E-state index contributed by atoms with van der Waals surface area (Å²) in [4.78, 5) is 25.7. The minimum atomic E-state index is -4.44. The van der Waals surface area contributed by atoms with Gasteiger partial charge in [0, 0.05) is 13.0 Å². The van der Waals surface area contributed by atoms with Crippen molar-refractivity contribution in [2.75, 3.05) is 13.7 Å². The fourth-order valence-electron chi connectivity index (χ4n) is 4.71. The number of carbonyl (C=O) groups excluding carboxylic acids is 1. The average molecular weight is 498 g/mol. The number of hydrogen-bond acceptors (Lipinski definition) is 3. The fraction of sp³-hybridized carbons (Fsp3) is 0.286. The quantitative estimate of drug-likeness (QED) is 0.393. The number of hydrogen-bond donors (Lipinski definition) is 1. The van der Waals surface area contributed by atoms with Crippen LogP contribution in [0.4, 0.5) is 18.0 Å². The Balaban J connectivity index is 1.37. The second kappa shape index (κ2) is 10.4. The number of carboxylic acids is 1. The maximum atomic E-state index is 12.9. The van der Waals surface area contributed by atoms with Crippen molar-refractivity contribution in [1.82, 2.24) is 4.90 Å². The summed E-state index contributed by atoms with van der Waals surface area (Å²) in [6.07, 6.45) is -4.58. The van der Waals surface area contributed by atoms with E-state index in [4.69, 9.17) is 4.74 Å². The van der Waals surface area contributed by atoms with E-state index in [0.29, 0.717) is 12.0 Å². The zero-order chi connectivity index (χ0) is 25.9. The number of likely N-dealkylation sites (N-methyl/N-ethyl adjacent to an activating group) is 1. The molecule has 8 heteroatoms. The Bertz CT molecular complexity index is 1210. The normalized spacial score (nSPS) is 13.6. The molecular formula is C28H26F3NO4. The Morgan fingerprint density at radius 1 is 0.972 bits per heavy atom. The van der Waals surface area contributed by atoms with E-state index in [9.17, 15) is 27.9 Å². The molecule has 1 amide bonds. The maximum Gasteiger partial charge on any atom is 0.416 e. The van der Waals surface area contributed by atoms with Gasteiger partial charge in [0.2, 0.25) is 0 Å². The number of amides is 1. The number of benzene rings is 3. The summed E-state index contributed by atoms with van der Waals surface area (Å²) in [5.41, 5.74) is 3.97. The molecule has 0 saturated heterocycles. The summed E-state index contributed by atoms with van der Waals surface area (Å²) in [6, 6.07) is 19.6. The van der Waals surface area contributed by atoms with Gasteiger partial charge < -0.3 is 9.84 Å². The lowest BCUT2D eigenvalue weighted by Gasteiger charge is -2.25. The summed E-state index contributed by atoms with van der Waals surface area (Å²) >= 11 is 0. The van der Waals surface area contributed by atoms with E-state index in [1.807, 2.05) is 48.5 Å². The van der Waals surface area contributed by atoms with Crippen molar-refractivity contribution >= 4 is 12.1 Å². The Labute approximate surface area is 207 Å². The number of ether oxygens (including phenoxy) is 1. The lowest BCUT2D eigenvalue weighted by molar-refractivity contribution is -0.142. The van der Waals surface area contributed by atoms with Crippen LogP contribution in [0, 0.1) is 0 Å². The number of carbonyl (C=O) groups is 2. The van der Waals surface area contributed by atoms with Crippen LogP contribution >= 0.6 is 0 Å². The molecule has 0 unspecified atom stereocenters. The van der Waals surface area contributed by atoms with Gasteiger partial charge in [0.1, 0.15) is 12.6 Å². The highest BCUT2D eigenvalue weighted by atomic mass is 19.4. The smallest absolute Gasteiger partial charge is 0.416 e. The van der Waals surface area contributed by atoms with E-state index in [-0.39, 0.29) is 25.4 Å². The Kier molecular flexibility index (Phi) is 7.33. The molecule has 0 spiro atoms. The summed E-state index contributed by atoms with van der Waals surface area (Å²) in [5.74, 6) is -1.35. The van der Waals surface area contributed by atoms with Crippen LogP contribution in [-0.2, 0) is 22.1 Å². The van der Waals surface area contributed by atoms with Gasteiger partial charge in [0.15, 0.2) is 0 Å². The first-order valence-corrected chi connectivity index (χ1v) is 11.6. The highest BCUT2D eigenvalue weighted by Crippen LogP contribution is 2.44. The molecule has 1 atom stereocenters. The van der Waals surface area contributed by atoms with Crippen LogP contribution in [0.2, 0.25) is 0 Å². The largest absolute Gasteiger partial charge is 0.480 e. The molecule has 0 saturated carbocycles. The number of carboxylic acid groups (broad SMARTS) is 1. The van der Waals surface area contributed by atoms with Crippen LogP contribution in [0.25, 0.3) is 11.1 Å². The Morgan fingerprint density at radius 2 is 1.58 bits per heavy atom. The highest BCUT2D eigenvalue weighted by Gasteiger charge is 2.32. The third-order valence-electron chi connectivity index (χ3n) is 6.57. The molecule has 36 heavy (non-hydrogen) atoms. The van der Waals surface area contributed by atoms with E-state index >= 15 is 0 Å². The van der Waals surface area contributed by atoms with Crippen molar-refractivity contribution in [3.63, 3.8) is 0 Å². The third kappa shape index (κ3) is 5.37. The van der Waals surface area contributed by atoms with E-state index < -0.39 is 29.8 Å². The molecule has 0 aliphatic heterocycles.